The molecule has 2 rings (SSSR count). The van der Waals surface area contributed by atoms with Gasteiger partial charge in [-0.25, -0.2) is 0 Å². The molecule has 2 nitrogen and oxygen atoms in total. The van der Waals surface area contributed by atoms with Crippen LogP contribution in [-0.2, 0) is 16.6 Å². The van der Waals surface area contributed by atoms with E-state index in [0.717, 1.165) is 15.6 Å². The zero-order valence-corrected chi connectivity index (χ0v) is 12.9. The highest BCUT2D eigenvalue weighted by molar-refractivity contribution is 9.10. The van der Waals surface area contributed by atoms with Gasteiger partial charge in [-0.15, -0.1) is 0 Å². The van der Waals surface area contributed by atoms with Gasteiger partial charge in [-0.3, -0.25) is 4.79 Å². The van der Waals surface area contributed by atoms with Crippen molar-refractivity contribution in [1.82, 2.24) is 0 Å². The third kappa shape index (κ3) is 2.78. The first-order chi connectivity index (χ1) is 9.60. The number of hydrogen-bond donors (Lipinski definition) is 1. The number of carboxylic acid groups (broad SMARTS) is 1. The van der Waals surface area contributed by atoms with Crippen molar-refractivity contribution in [2.75, 3.05) is 0 Å². The molecule has 1 N–H and O–H groups in total. The van der Waals surface area contributed by atoms with Gasteiger partial charge in [-0.05, 0) is 30.0 Å². The lowest BCUT2D eigenvalue weighted by Gasteiger charge is -2.29. The molecule has 3 heteroatoms. The van der Waals surface area contributed by atoms with Gasteiger partial charge in [0.2, 0.25) is 0 Å². The number of carbonyl (C=O) groups is 1. The van der Waals surface area contributed by atoms with Crippen molar-refractivity contribution in [2.45, 2.75) is 25.2 Å². The van der Waals surface area contributed by atoms with E-state index in [0.29, 0.717) is 12.8 Å². The normalized spacial score (nSPS) is 13.7. The monoisotopic (exact) mass is 332 g/mol. The molecule has 0 spiro atoms. The van der Waals surface area contributed by atoms with Crippen LogP contribution in [0.25, 0.3) is 0 Å². The quantitative estimate of drug-likeness (QED) is 0.879. The van der Waals surface area contributed by atoms with Gasteiger partial charge < -0.3 is 5.11 Å². The Hall–Kier alpha value is -1.61. The first-order valence-corrected chi connectivity index (χ1v) is 7.42. The molecule has 0 heterocycles. The van der Waals surface area contributed by atoms with Crippen LogP contribution in [0.4, 0.5) is 0 Å². The smallest absolute Gasteiger partial charge is 0.314 e. The van der Waals surface area contributed by atoms with Crippen LogP contribution in [0.3, 0.4) is 0 Å². The highest BCUT2D eigenvalue weighted by atomic mass is 79.9. The predicted molar refractivity (Wildman–Crippen MR) is 83.9 cm³/mol. The standard InChI is InChI=1S/C17H17BrO2/c1-2-17(16(19)20,14-9-4-3-5-10-14)12-13-8-6-7-11-15(13)18/h3-11H,2,12H2,1H3,(H,19,20). The second-order valence-corrected chi connectivity index (χ2v) is 5.73. The molecule has 0 aliphatic rings. The topological polar surface area (TPSA) is 37.3 Å². The third-order valence-corrected chi connectivity index (χ3v) is 4.56. The van der Waals surface area contributed by atoms with E-state index in [9.17, 15) is 9.90 Å². The van der Waals surface area contributed by atoms with E-state index in [4.69, 9.17) is 0 Å². The molecule has 0 radical (unpaired) electrons. The summed E-state index contributed by atoms with van der Waals surface area (Å²) in [7, 11) is 0. The minimum atomic E-state index is -0.884. The molecule has 0 saturated carbocycles. The molecule has 0 bridgehead atoms. The van der Waals surface area contributed by atoms with Gasteiger partial charge in [0.15, 0.2) is 0 Å². The summed E-state index contributed by atoms with van der Waals surface area (Å²) in [5, 5.41) is 9.81. The Morgan fingerprint density at radius 3 is 2.25 bits per heavy atom. The molecule has 0 fully saturated rings. The lowest BCUT2D eigenvalue weighted by atomic mass is 9.73. The van der Waals surface area contributed by atoms with Gasteiger partial charge in [0, 0.05) is 4.47 Å². The van der Waals surface area contributed by atoms with Gasteiger partial charge in [-0.1, -0.05) is 71.4 Å². The van der Waals surface area contributed by atoms with Gasteiger partial charge >= 0.3 is 5.97 Å². The van der Waals surface area contributed by atoms with Gasteiger partial charge in [0.05, 0.1) is 5.41 Å². The zero-order valence-electron chi connectivity index (χ0n) is 11.3. The van der Waals surface area contributed by atoms with Gasteiger partial charge in [0.25, 0.3) is 0 Å². The summed E-state index contributed by atoms with van der Waals surface area (Å²) in [6.45, 7) is 1.93. The SMILES string of the molecule is CCC(Cc1ccccc1Br)(C(=O)O)c1ccccc1. The number of rotatable bonds is 5. The molecule has 1 unspecified atom stereocenters. The Balaban J connectivity index is 2.49. The van der Waals surface area contributed by atoms with E-state index in [1.807, 2.05) is 61.5 Å². The fourth-order valence-corrected chi connectivity index (χ4v) is 2.93. The van der Waals surface area contributed by atoms with Crippen LogP contribution >= 0.6 is 15.9 Å². The van der Waals surface area contributed by atoms with Crippen LogP contribution in [0.15, 0.2) is 59.1 Å². The number of hydrogen-bond acceptors (Lipinski definition) is 1. The summed E-state index contributed by atoms with van der Waals surface area (Å²) >= 11 is 3.51. The van der Waals surface area contributed by atoms with E-state index >= 15 is 0 Å². The predicted octanol–water partition coefficient (Wildman–Crippen LogP) is 4.42. The molecular weight excluding hydrogens is 316 g/mol. The van der Waals surface area contributed by atoms with Crippen LogP contribution in [0.5, 0.6) is 0 Å². The summed E-state index contributed by atoms with van der Waals surface area (Å²) in [6.07, 6.45) is 1.03. The largest absolute Gasteiger partial charge is 0.481 e. The highest BCUT2D eigenvalue weighted by Gasteiger charge is 2.39. The molecule has 0 aliphatic heterocycles. The lowest BCUT2D eigenvalue weighted by molar-refractivity contribution is -0.144. The number of benzene rings is 2. The fourth-order valence-electron chi connectivity index (χ4n) is 2.51. The lowest BCUT2D eigenvalue weighted by Crippen LogP contribution is -2.37. The van der Waals surface area contributed by atoms with Crippen molar-refractivity contribution in [1.29, 1.82) is 0 Å². The summed E-state index contributed by atoms with van der Waals surface area (Å²) in [6, 6.07) is 17.3. The minimum Gasteiger partial charge on any atom is -0.481 e. The zero-order chi connectivity index (χ0) is 14.6. The summed E-state index contributed by atoms with van der Waals surface area (Å²) in [5.74, 6) is -0.776. The van der Waals surface area contributed by atoms with Crippen molar-refractivity contribution in [3.63, 3.8) is 0 Å². The summed E-state index contributed by atoms with van der Waals surface area (Å²) < 4.78 is 0.954. The molecule has 2 aromatic rings. The van der Waals surface area contributed by atoms with E-state index in [2.05, 4.69) is 15.9 Å². The third-order valence-electron chi connectivity index (χ3n) is 3.79. The van der Waals surface area contributed by atoms with Crippen LogP contribution in [0.2, 0.25) is 0 Å². The molecule has 0 saturated heterocycles. The van der Waals surface area contributed by atoms with E-state index in [1.54, 1.807) is 0 Å². The molecule has 104 valence electrons. The van der Waals surface area contributed by atoms with Crippen LogP contribution in [0, 0.1) is 0 Å². The minimum absolute atomic E-state index is 0.476. The Morgan fingerprint density at radius 2 is 1.70 bits per heavy atom. The maximum atomic E-state index is 12.0. The fraction of sp³-hybridized carbons (Fsp3) is 0.235. The van der Waals surface area contributed by atoms with Crippen molar-refractivity contribution in [3.8, 4) is 0 Å². The first-order valence-electron chi connectivity index (χ1n) is 6.62. The second kappa shape index (κ2) is 6.23. The second-order valence-electron chi connectivity index (χ2n) is 4.88. The molecule has 1 atom stereocenters. The first kappa shape index (κ1) is 14.8. The van der Waals surface area contributed by atoms with Crippen LogP contribution < -0.4 is 0 Å². The number of aliphatic carboxylic acids is 1. The van der Waals surface area contributed by atoms with Gasteiger partial charge in [0.1, 0.15) is 0 Å². The summed E-state index contributed by atoms with van der Waals surface area (Å²) in [5.41, 5.74) is 0.983. The van der Waals surface area contributed by atoms with Crippen LogP contribution in [0.1, 0.15) is 24.5 Å². The molecule has 0 aliphatic carbocycles. The van der Waals surface area contributed by atoms with Gasteiger partial charge in [-0.2, -0.15) is 0 Å². The average molecular weight is 333 g/mol. The molecule has 0 amide bonds. The Labute approximate surface area is 127 Å². The van der Waals surface area contributed by atoms with E-state index in [1.165, 1.54) is 0 Å². The van der Waals surface area contributed by atoms with E-state index < -0.39 is 11.4 Å². The van der Waals surface area contributed by atoms with Crippen molar-refractivity contribution in [2.24, 2.45) is 0 Å². The molecular formula is C17H17BrO2. The molecule has 2 aromatic carbocycles. The summed E-state index contributed by atoms with van der Waals surface area (Å²) in [4.78, 5) is 12.0. The maximum Gasteiger partial charge on any atom is 0.314 e. The van der Waals surface area contributed by atoms with Crippen molar-refractivity contribution in [3.05, 3.63) is 70.2 Å². The Bertz CT molecular complexity index is 595. The number of halogens is 1. The average Bonchev–Trinajstić information content (AvgIpc) is 2.47. The Kier molecular flexibility index (Phi) is 4.61. The molecule has 0 aromatic heterocycles. The number of carboxylic acids is 1. The van der Waals surface area contributed by atoms with Crippen molar-refractivity contribution < 1.29 is 9.90 Å². The molecule has 20 heavy (non-hydrogen) atoms. The van der Waals surface area contributed by atoms with Crippen LogP contribution in [-0.4, -0.2) is 11.1 Å². The maximum absolute atomic E-state index is 12.0. The van der Waals surface area contributed by atoms with Crippen molar-refractivity contribution >= 4 is 21.9 Å². The highest BCUT2D eigenvalue weighted by Crippen LogP contribution is 2.34. The van der Waals surface area contributed by atoms with E-state index in [-0.39, 0.29) is 0 Å². The Morgan fingerprint density at radius 1 is 1.10 bits per heavy atom.